The van der Waals surface area contributed by atoms with Crippen molar-refractivity contribution in [3.63, 3.8) is 0 Å². The molecule has 0 saturated carbocycles. The van der Waals surface area contributed by atoms with E-state index in [9.17, 15) is 4.79 Å². The molecule has 0 saturated heterocycles. The zero-order valence-corrected chi connectivity index (χ0v) is 12.1. The Morgan fingerprint density at radius 2 is 2.14 bits per heavy atom. The van der Waals surface area contributed by atoms with Crippen molar-refractivity contribution in [1.29, 1.82) is 5.26 Å². The summed E-state index contributed by atoms with van der Waals surface area (Å²) in [6.45, 7) is 4.75. The van der Waals surface area contributed by atoms with Crippen LogP contribution < -0.4 is 10.3 Å². The number of rotatable bonds is 5. The first kappa shape index (κ1) is 14.8. The van der Waals surface area contributed by atoms with E-state index in [1.165, 1.54) is 0 Å². The third-order valence-corrected chi connectivity index (χ3v) is 2.89. The van der Waals surface area contributed by atoms with Crippen molar-refractivity contribution in [1.82, 2.24) is 10.2 Å². The van der Waals surface area contributed by atoms with Crippen LogP contribution in [0, 0.1) is 17.2 Å². The molecule has 5 nitrogen and oxygen atoms in total. The average molecular weight is 283 g/mol. The van der Waals surface area contributed by atoms with E-state index in [-0.39, 0.29) is 12.0 Å². The Morgan fingerprint density at radius 3 is 2.86 bits per heavy atom. The van der Waals surface area contributed by atoms with Crippen molar-refractivity contribution in [2.24, 2.45) is 5.92 Å². The second-order valence-electron chi connectivity index (χ2n) is 5.14. The van der Waals surface area contributed by atoms with Crippen LogP contribution in [0.15, 0.2) is 35.1 Å². The lowest BCUT2D eigenvalue weighted by Crippen LogP contribution is -2.14. The molecule has 21 heavy (non-hydrogen) atoms. The lowest BCUT2D eigenvalue weighted by Gasteiger charge is -2.12. The molecular formula is C16H17N3O2. The molecule has 1 aromatic carbocycles. The highest BCUT2D eigenvalue weighted by Crippen LogP contribution is 2.28. The van der Waals surface area contributed by atoms with Crippen LogP contribution in [0.2, 0.25) is 0 Å². The Labute approximate surface area is 123 Å². The van der Waals surface area contributed by atoms with Gasteiger partial charge in [0, 0.05) is 11.1 Å². The molecule has 0 fully saturated rings. The first-order valence-corrected chi connectivity index (χ1v) is 6.79. The molecule has 5 heteroatoms. The number of nitrogens with one attached hydrogen (secondary N) is 1. The number of nitriles is 1. The van der Waals surface area contributed by atoms with Crippen molar-refractivity contribution in [3.05, 3.63) is 46.2 Å². The van der Waals surface area contributed by atoms with E-state index in [0.717, 1.165) is 5.56 Å². The fraction of sp³-hybridized carbons (Fsp3) is 0.312. The standard InChI is InChI=1S/C16H17N3O2/c1-11(2)10-21-15-6-4-3-5-13(15)14-9-12(7-8-17)16(20)19-18-14/h3-6,9,11H,7,10H2,1-2H3,(H,19,20). The fourth-order valence-corrected chi connectivity index (χ4v) is 1.86. The molecule has 0 spiro atoms. The highest BCUT2D eigenvalue weighted by Gasteiger charge is 2.10. The third kappa shape index (κ3) is 3.69. The van der Waals surface area contributed by atoms with Crippen molar-refractivity contribution in [2.45, 2.75) is 20.3 Å². The SMILES string of the molecule is CC(C)COc1ccccc1-c1cc(CC#N)c(=O)[nH]n1. The topological polar surface area (TPSA) is 78.8 Å². The Hall–Kier alpha value is -2.61. The second kappa shape index (κ2) is 6.71. The van der Waals surface area contributed by atoms with Crippen LogP contribution in [-0.2, 0) is 6.42 Å². The molecule has 2 aromatic rings. The molecular weight excluding hydrogens is 266 g/mol. The lowest BCUT2D eigenvalue weighted by molar-refractivity contribution is 0.272. The number of hydrogen-bond donors (Lipinski definition) is 1. The molecule has 1 N–H and O–H groups in total. The highest BCUT2D eigenvalue weighted by atomic mass is 16.5. The number of ether oxygens (including phenoxy) is 1. The second-order valence-corrected chi connectivity index (χ2v) is 5.14. The summed E-state index contributed by atoms with van der Waals surface area (Å²) in [7, 11) is 0. The van der Waals surface area contributed by atoms with Gasteiger partial charge in [0.25, 0.3) is 5.56 Å². The van der Waals surface area contributed by atoms with Crippen molar-refractivity contribution in [3.8, 4) is 23.1 Å². The van der Waals surface area contributed by atoms with Gasteiger partial charge in [-0.2, -0.15) is 10.4 Å². The number of aromatic amines is 1. The average Bonchev–Trinajstić information content (AvgIpc) is 2.48. The van der Waals surface area contributed by atoms with Gasteiger partial charge in [0.2, 0.25) is 0 Å². The minimum Gasteiger partial charge on any atom is -0.493 e. The number of hydrogen-bond acceptors (Lipinski definition) is 4. The van der Waals surface area contributed by atoms with E-state index < -0.39 is 0 Å². The van der Waals surface area contributed by atoms with Crippen LogP contribution in [0.4, 0.5) is 0 Å². The molecule has 0 bridgehead atoms. The van der Waals surface area contributed by atoms with Crippen molar-refractivity contribution in [2.75, 3.05) is 6.61 Å². The lowest BCUT2D eigenvalue weighted by atomic mass is 10.1. The van der Waals surface area contributed by atoms with E-state index in [2.05, 4.69) is 24.0 Å². The van der Waals surface area contributed by atoms with Gasteiger partial charge in [-0.25, -0.2) is 5.10 Å². The van der Waals surface area contributed by atoms with Crippen molar-refractivity contribution < 1.29 is 4.74 Å². The molecule has 0 radical (unpaired) electrons. The quantitative estimate of drug-likeness (QED) is 0.914. The van der Waals surface area contributed by atoms with Gasteiger partial charge in [-0.05, 0) is 24.1 Å². The summed E-state index contributed by atoms with van der Waals surface area (Å²) in [5, 5.41) is 15.2. The third-order valence-electron chi connectivity index (χ3n) is 2.89. The number of para-hydroxylation sites is 1. The monoisotopic (exact) mass is 283 g/mol. The molecule has 108 valence electrons. The summed E-state index contributed by atoms with van der Waals surface area (Å²) in [5.74, 6) is 1.13. The summed E-state index contributed by atoms with van der Waals surface area (Å²) in [4.78, 5) is 11.6. The molecule has 0 atom stereocenters. The fourth-order valence-electron chi connectivity index (χ4n) is 1.86. The van der Waals surface area contributed by atoms with Gasteiger partial charge in [0.1, 0.15) is 5.75 Å². The van der Waals surface area contributed by atoms with Crippen LogP contribution in [0.1, 0.15) is 19.4 Å². The minimum atomic E-state index is -0.333. The zero-order chi connectivity index (χ0) is 15.2. The summed E-state index contributed by atoms with van der Waals surface area (Å²) in [5.41, 5.74) is 1.47. The largest absolute Gasteiger partial charge is 0.493 e. The summed E-state index contributed by atoms with van der Waals surface area (Å²) in [6, 6.07) is 11.1. The van der Waals surface area contributed by atoms with E-state index in [1.807, 2.05) is 30.3 Å². The minimum absolute atomic E-state index is 0.0554. The maximum Gasteiger partial charge on any atom is 0.268 e. The predicted octanol–water partition coefficient (Wildman–Crippen LogP) is 2.54. The van der Waals surface area contributed by atoms with Gasteiger partial charge in [-0.15, -0.1) is 0 Å². The molecule has 0 aliphatic rings. The Balaban J connectivity index is 2.40. The van der Waals surface area contributed by atoms with Crippen LogP contribution in [0.25, 0.3) is 11.3 Å². The molecule has 1 aromatic heterocycles. The number of nitrogens with zero attached hydrogens (tertiary/aromatic N) is 2. The Morgan fingerprint density at radius 1 is 1.38 bits per heavy atom. The van der Waals surface area contributed by atoms with E-state index in [4.69, 9.17) is 10.00 Å². The normalized spacial score (nSPS) is 10.4. The zero-order valence-electron chi connectivity index (χ0n) is 12.1. The van der Waals surface area contributed by atoms with E-state index >= 15 is 0 Å². The van der Waals surface area contributed by atoms with Gasteiger partial charge < -0.3 is 4.74 Å². The first-order chi connectivity index (χ1) is 10.1. The van der Waals surface area contributed by atoms with Gasteiger partial charge in [0.15, 0.2) is 0 Å². The van der Waals surface area contributed by atoms with Crippen LogP contribution in [0.5, 0.6) is 5.75 Å². The molecule has 0 amide bonds. The van der Waals surface area contributed by atoms with Gasteiger partial charge in [-0.3, -0.25) is 4.79 Å². The van der Waals surface area contributed by atoms with E-state index in [1.54, 1.807) is 6.07 Å². The maximum absolute atomic E-state index is 11.6. The van der Waals surface area contributed by atoms with Crippen LogP contribution in [0.3, 0.4) is 0 Å². The first-order valence-electron chi connectivity index (χ1n) is 6.79. The number of H-pyrrole nitrogens is 1. The molecule has 1 heterocycles. The predicted molar refractivity (Wildman–Crippen MR) is 79.9 cm³/mol. The smallest absolute Gasteiger partial charge is 0.268 e. The van der Waals surface area contributed by atoms with Crippen LogP contribution >= 0.6 is 0 Å². The Kier molecular flexibility index (Phi) is 4.72. The summed E-state index contributed by atoms with van der Waals surface area (Å²) >= 11 is 0. The number of aromatic nitrogens is 2. The summed E-state index contributed by atoms with van der Waals surface area (Å²) in [6.07, 6.45) is 0.0554. The summed E-state index contributed by atoms with van der Waals surface area (Å²) < 4.78 is 5.79. The molecule has 0 unspecified atom stereocenters. The number of benzene rings is 1. The molecule has 0 aliphatic heterocycles. The van der Waals surface area contributed by atoms with Gasteiger partial charge in [-0.1, -0.05) is 26.0 Å². The Bertz CT molecular complexity index is 714. The molecule has 2 rings (SSSR count). The van der Waals surface area contributed by atoms with E-state index in [0.29, 0.717) is 29.5 Å². The highest BCUT2D eigenvalue weighted by molar-refractivity contribution is 5.67. The van der Waals surface area contributed by atoms with Gasteiger partial charge in [0.05, 0.1) is 24.8 Å². The van der Waals surface area contributed by atoms with Crippen molar-refractivity contribution >= 4 is 0 Å². The van der Waals surface area contributed by atoms with Crippen LogP contribution in [-0.4, -0.2) is 16.8 Å². The van der Waals surface area contributed by atoms with Gasteiger partial charge >= 0.3 is 0 Å². The maximum atomic E-state index is 11.6. The molecule has 0 aliphatic carbocycles.